The normalized spacial score (nSPS) is 9.72. The summed E-state index contributed by atoms with van der Waals surface area (Å²) in [6.45, 7) is 4.25. The first-order chi connectivity index (χ1) is 8.31. The maximum Gasteiger partial charge on any atom is 0.336 e. The molecule has 0 spiro atoms. The number of nitrogens with one attached hydrogen (secondary N) is 2. The van der Waals surface area contributed by atoms with Crippen molar-refractivity contribution in [2.45, 2.75) is 20.8 Å². The Balaban J connectivity index is 3.31. The van der Waals surface area contributed by atoms with Crippen molar-refractivity contribution >= 4 is 29.2 Å². The number of carboxylic acid groups (broad SMARTS) is 1. The number of aryl methyl sites for hydroxylation is 1. The van der Waals surface area contributed by atoms with Crippen molar-refractivity contribution in [3.05, 3.63) is 23.3 Å². The summed E-state index contributed by atoms with van der Waals surface area (Å²) in [6, 6.07) is 2.83. The second-order valence-electron chi connectivity index (χ2n) is 3.88. The third kappa shape index (κ3) is 3.31. The molecule has 18 heavy (non-hydrogen) atoms. The predicted octanol–water partition coefficient (Wildman–Crippen LogP) is 1.61. The van der Waals surface area contributed by atoms with Crippen molar-refractivity contribution in [2.75, 3.05) is 10.6 Å². The zero-order chi connectivity index (χ0) is 13.9. The standard InChI is InChI=1S/C12H14N2O4/c1-6-4-10(13-7(2)15)11(14-8(3)16)5-9(6)12(17)18/h4-5H,1-3H3,(H,13,15)(H,14,16)(H,17,18). The highest BCUT2D eigenvalue weighted by atomic mass is 16.4. The van der Waals surface area contributed by atoms with Crippen LogP contribution < -0.4 is 10.6 Å². The van der Waals surface area contributed by atoms with Gasteiger partial charge in [-0.15, -0.1) is 0 Å². The van der Waals surface area contributed by atoms with E-state index < -0.39 is 5.97 Å². The fraction of sp³-hybridized carbons (Fsp3) is 0.250. The van der Waals surface area contributed by atoms with E-state index in [2.05, 4.69) is 10.6 Å². The van der Waals surface area contributed by atoms with E-state index in [4.69, 9.17) is 5.11 Å². The molecule has 0 atom stereocenters. The molecule has 0 aliphatic rings. The molecule has 1 rings (SSSR count). The molecule has 0 heterocycles. The number of anilines is 2. The van der Waals surface area contributed by atoms with Gasteiger partial charge in [0, 0.05) is 13.8 Å². The Kier molecular flexibility index (Phi) is 4.04. The molecule has 0 bridgehead atoms. The van der Waals surface area contributed by atoms with Crippen molar-refractivity contribution in [2.24, 2.45) is 0 Å². The van der Waals surface area contributed by atoms with Crippen molar-refractivity contribution in [3.63, 3.8) is 0 Å². The van der Waals surface area contributed by atoms with E-state index in [1.165, 1.54) is 26.0 Å². The first-order valence-electron chi connectivity index (χ1n) is 5.24. The lowest BCUT2D eigenvalue weighted by Crippen LogP contribution is -2.14. The molecule has 0 aliphatic carbocycles. The maximum absolute atomic E-state index is 11.0. The summed E-state index contributed by atoms with van der Waals surface area (Å²) >= 11 is 0. The van der Waals surface area contributed by atoms with Crippen molar-refractivity contribution in [1.29, 1.82) is 0 Å². The van der Waals surface area contributed by atoms with Gasteiger partial charge in [-0.3, -0.25) is 9.59 Å². The van der Waals surface area contributed by atoms with E-state index >= 15 is 0 Å². The van der Waals surface area contributed by atoms with E-state index in [1.807, 2.05) is 0 Å². The Morgan fingerprint density at radius 2 is 1.44 bits per heavy atom. The van der Waals surface area contributed by atoms with Crippen LogP contribution in [-0.4, -0.2) is 22.9 Å². The second-order valence-corrected chi connectivity index (χ2v) is 3.88. The fourth-order valence-electron chi connectivity index (χ4n) is 1.52. The average molecular weight is 250 g/mol. The van der Waals surface area contributed by atoms with E-state index in [9.17, 15) is 14.4 Å². The molecule has 6 nitrogen and oxygen atoms in total. The van der Waals surface area contributed by atoms with Crippen LogP contribution in [0.25, 0.3) is 0 Å². The van der Waals surface area contributed by atoms with Crippen molar-refractivity contribution < 1.29 is 19.5 Å². The van der Waals surface area contributed by atoms with Gasteiger partial charge in [-0.2, -0.15) is 0 Å². The zero-order valence-corrected chi connectivity index (χ0v) is 10.3. The van der Waals surface area contributed by atoms with Crippen LogP contribution in [0.1, 0.15) is 29.8 Å². The molecule has 0 fully saturated rings. The number of carboxylic acids is 1. The topological polar surface area (TPSA) is 95.5 Å². The summed E-state index contributed by atoms with van der Waals surface area (Å²) in [5.74, 6) is -1.74. The van der Waals surface area contributed by atoms with Crippen LogP contribution in [0.2, 0.25) is 0 Å². The number of hydrogen-bond donors (Lipinski definition) is 3. The molecular formula is C12H14N2O4. The van der Waals surface area contributed by atoms with Crippen LogP contribution in [0, 0.1) is 6.92 Å². The lowest BCUT2D eigenvalue weighted by atomic mass is 10.1. The van der Waals surface area contributed by atoms with Crippen molar-refractivity contribution in [3.8, 4) is 0 Å². The second kappa shape index (κ2) is 5.31. The Hall–Kier alpha value is -2.37. The van der Waals surface area contributed by atoms with E-state index in [1.54, 1.807) is 6.92 Å². The third-order valence-corrected chi connectivity index (χ3v) is 2.22. The molecule has 0 radical (unpaired) electrons. The van der Waals surface area contributed by atoms with Crippen LogP contribution in [0.4, 0.5) is 11.4 Å². The van der Waals surface area contributed by atoms with Gasteiger partial charge in [0.1, 0.15) is 0 Å². The minimum Gasteiger partial charge on any atom is -0.478 e. The van der Waals surface area contributed by atoms with Crippen LogP contribution in [0.15, 0.2) is 12.1 Å². The van der Waals surface area contributed by atoms with Gasteiger partial charge in [-0.25, -0.2) is 4.79 Å². The molecule has 1 aromatic carbocycles. The minimum atomic E-state index is -1.09. The molecular weight excluding hydrogens is 236 g/mol. The molecule has 0 aliphatic heterocycles. The Morgan fingerprint density at radius 1 is 1.00 bits per heavy atom. The van der Waals surface area contributed by atoms with Gasteiger partial charge in [-0.1, -0.05) is 0 Å². The SMILES string of the molecule is CC(=O)Nc1cc(C)c(C(=O)O)cc1NC(C)=O. The number of carbonyl (C=O) groups is 3. The van der Waals surface area contributed by atoms with Gasteiger partial charge in [0.2, 0.25) is 11.8 Å². The van der Waals surface area contributed by atoms with E-state index in [-0.39, 0.29) is 23.1 Å². The molecule has 1 aromatic rings. The van der Waals surface area contributed by atoms with Gasteiger partial charge >= 0.3 is 5.97 Å². The Morgan fingerprint density at radius 3 is 1.83 bits per heavy atom. The molecule has 0 saturated heterocycles. The molecule has 0 unspecified atom stereocenters. The van der Waals surface area contributed by atoms with Crippen LogP contribution in [0.3, 0.4) is 0 Å². The first kappa shape index (κ1) is 13.7. The summed E-state index contributed by atoms with van der Waals surface area (Å²) in [4.78, 5) is 33.1. The molecule has 96 valence electrons. The van der Waals surface area contributed by atoms with Crippen LogP contribution >= 0.6 is 0 Å². The Bertz CT molecular complexity index is 523. The number of benzene rings is 1. The summed E-state index contributed by atoms with van der Waals surface area (Å²) in [7, 11) is 0. The predicted molar refractivity (Wildman–Crippen MR) is 66.7 cm³/mol. The van der Waals surface area contributed by atoms with Crippen molar-refractivity contribution in [1.82, 2.24) is 0 Å². The Labute approximate surface area is 104 Å². The quantitative estimate of drug-likeness (QED) is 0.759. The highest BCUT2D eigenvalue weighted by molar-refractivity contribution is 6.01. The smallest absolute Gasteiger partial charge is 0.336 e. The minimum absolute atomic E-state index is 0.0767. The zero-order valence-electron chi connectivity index (χ0n) is 10.3. The largest absolute Gasteiger partial charge is 0.478 e. The number of carbonyl (C=O) groups excluding carboxylic acids is 2. The molecule has 6 heteroatoms. The highest BCUT2D eigenvalue weighted by Gasteiger charge is 2.13. The van der Waals surface area contributed by atoms with E-state index in [0.29, 0.717) is 11.3 Å². The molecule has 0 aromatic heterocycles. The monoisotopic (exact) mass is 250 g/mol. The average Bonchev–Trinajstić information content (AvgIpc) is 2.19. The lowest BCUT2D eigenvalue weighted by Gasteiger charge is -2.13. The summed E-state index contributed by atoms with van der Waals surface area (Å²) < 4.78 is 0. The third-order valence-electron chi connectivity index (χ3n) is 2.22. The maximum atomic E-state index is 11.0. The van der Waals surface area contributed by atoms with Gasteiger partial charge in [0.25, 0.3) is 0 Å². The van der Waals surface area contributed by atoms with Gasteiger partial charge in [0.15, 0.2) is 0 Å². The lowest BCUT2D eigenvalue weighted by molar-refractivity contribution is -0.115. The number of hydrogen-bond acceptors (Lipinski definition) is 3. The fourth-order valence-corrected chi connectivity index (χ4v) is 1.52. The number of amides is 2. The molecule has 2 amide bonds. The van der Waals surface area contributed by atoms with E-state index in [0.717, 1.165) is 0 Å². The summed E-state index contributed by atoms with van der Waals surface area (Å²) in [5.41, 5.74) is 1.22. The van der Waals surface area contributed by atoms with Gasteiger partial charge < -0.3 is 15.7 Å². The summed E-state index contributed by atoms with van der Waals surface area (Å²) in [5, 5.41) is 14.0. The molecule has 3 N–H and O–H groups in total. The van der Waals surface area contributed by atoms with Crippen LogP contribution in [-0.2, 0) is 9.59 Å². The number of rotatable bonds is 3. The van der Waals surface area contributed by atoms with Gasteiger partial charge in [0.05, 0.1) is 16.9 Å². The van der Waals surface area contributed by atoms with Gasteiger partial charge in [-0.05, 0) is 24.6 Å². The first-order valence-corrected chi connectivity index (χ1v) is 5.24. The molecule has 0 saturated carbocycles. The van der Waals surface area contributed by atoms with Crippen LogP contribution in [0.5, 0.6) is 0 Å². The highest BCUT2D eigenvalue weighted by Crippen LogP contribution is 2.26. The number of aromatic carboxylic acids is 1. The summed E-state index contributed by atoms with van der Waals surface area (Å²) in [6.07, 6.45) is 0.